The van der Waals surface area contributed by atoms with Gasteiger partial charge in [0.2, 0.25) is 0 Å². The van der Waals surface area contributed by atoms with Crippen LogP contribution in [0.2, 0.25) is 0 Å². The number of ether oxygens (including phenoxy) is 1. The molecule has 0 saturated heterocycles. The van der Waals surface area contributed by atoms with Crippen LogP contribution in [0.5, 0.6) is 11.5 Å². The first-order valence-corrected chi connectivity index (χ1v) is 6.69. The Morgan fingerprint density at radius 2 is 2.00 bits per heavy atom. The monoisotopic (exact) mass is 285 g/mol. The van der Waals surface area contributed by atoms with Crippen LogP contribution in [0, 0.1) is 0 Å². The van der Waals surface area contributed by atoms with E-state index in [9.17, 15) is 9.90 Å². The topological polar surface area (TPSA) is 49.8 Å². The highest BCUT2D eigenvalue weighted by Gasteiger charge is 2.09. The van der Waals surface area contributed by atoms with Crippen LogP contribution in [-0.4, -0.2) is 25.0 Å². The average Bonchev–Trinajstić information content (AvgIpc) is 2.49. The number of methoxy groups -OCH3 is 1. The van der Waals surface area contributed by atoms with Gasteiger partial charge in [-0.2, -0.15) is 0 Å². The lowest BCUT2D eigenvalue weighted by molar-refractivity contribution is 0.101. The van der Waals surface area contributed by atoms with Crippen molar-refractivity contribution in [3.63, 3.8) is 0 Å². The largest absolute Gasteiger partial charge is 0.508 e. The number of Topliss-reactive ketones (excluding diaryl/α,β-unsaturated/α-hetero) is 1. The molecule has 0 aromatic heterocycles. The molecular weight excluding hydrogens is 266 g/mol. The molecule has 0 aliphatic heterocycles. The molecule has 4 heteroatoms. The van der Waals surface area contributed by atoms with Crippen LogP contribution in [0.3, 0.4) is 0 Å². The quantitative estimate of drug-likeness (QED) is 0.857. The minimum atomic E-state index is -0.0136. The van der Waals surface area contributed by atoms with E-state index in [-0.39, 0.29) is 11.5 Å². The zero-order valence-corrected chi connectivity index (χ0v) is 12.5. The smallest absolute Gasteiger partial charge is 0.159 e. The van der Waals surface area contributed by atoms with Crippen molar-refractivity contribution in [2.45, 2.75) is 13.5 Å². The van der Waals surface area contributed by atoms with Gasteiger partial charge in [-0.3, -0.25) is 4.79 Å². The molecule has 0 heterocycles. The molecule has 1 N–H and O–H groups in total. The van der Waals surface area contributed by atoms with Crippen molar-refractivity contribution in [2.75, 3.05) is 19.1 Å². The van der Waals surface area contributed by atoms with Crippen molar-refractivity contribution >= 4 is 11.5 Å². The van der Waals surface area contributed by atoms with Crippen molar-refractivity contribution in [2.24, 2.45) is 0 Å². The van der Waals surface area contributed by atoms with Gasteiger partial charge < -0.3 is 14.7 Å². The van der Waals surface area contributed by atoms with Crippen molar-refractivity contribution < 1.29 is 14.6 Å². The molecule has 2 aromatic rings. The van der Waals surface area contributed by atoms with Gasteiger partial charge in [0.15, 0.2) is 5.78 Å². The Labute approximate surface area is 124 Å². The number of phenolic OH excluding ortho intramolecular Hbond substituents is 1. The van der Waals surface area contributed by atoms with Gasteiger partial charge in [0.25, 0.3) is 0 Å². The number of hydrogen-bond donors (Lipinski definition) is 1. The van der Waals surface area contributed by atoms with Crippen molar-refractivity contribution in [1.82, 2.24) is 0 Å². The number of benzene rings is 2. The molecule has 110 valence electrons. The van der Waals surface area contributed by atoms with Gasteiger partial charge in [-0.15, -0.1) is 0 Å². The maximum atomic E-state index is 11.4. The van der Waals surface area contributed by atoms with E-state index < -0.39 is 0 Å². The van der Waals surface area contributed by atoms with Crippen molar-refractivity contribution in [3.05, 3.63) is 53.6 Å². The molecule has 0 aliphatic carbocycles. The van der Waals surface area contributed by atoms with E-state index in [4.69, 9.17) is 4.74 Å². The Balaban J connectivity index is 2.24. The Kier molecular flexibility index (Phi) is 4.48. The van der Waals surface area contributed by atoms with Gasteiger partial charge in [-0.05, 0) is 37.3 Å². The fourth-order valence-electron chi connectivity index (χ4n) is 2.13. The van der Waals surface area contributed by atoms with Crippen molar-refractivity contribution in [3.8, 4) is 11.5 Å². The van der Waals surface area contributed by atoms with Crippen LogP contribution < -0.4 is 9.64 Å². The number of anilines is 1. The van der Waals surface area contributed by atoms with Gasteiger partial charge in [-0.1, -0.05) is 6.07 Å². The molecule has 0 fully saturated rings. The van der Waals surface area contributed by atoms with Crippen molar-refractivity contribution in [1.29, 1.82) is 0 Å². The molecule has 0 radical (unpaired) electrons. The predicted molar refractivity (Wildman–Crippen MR) is 83.2 cm³/mol. The summed E-state index contributed by atoms with van der Waals surface area (Å²) in [6, 6.07) is 12.6. The first-order valence-electron chi connectivity index (χ1n) is 6.69. The van der Waals surface area contributed by atoms with E-state index in [0.29, 0.717) is 17.7 Å². The number of phenols is 1. The highest BCUT2D eigenvalue weighted by molar-refractivity contribution is 5.94. The van der Waals surface area contributed by atoms with Crippen LogP contribution in [0.4, 0.5) is 5.69 Å². The Hall–Kier alpha value is -2.49. The van der Waals surface area contributed by atoms with Gasteiger partial charge in [0.05, 0.1) is 7.11 Å². The summed E-state index contributed by atoms with van der Waals surface area (Å²) in [6.45, 7) is 2.02. The maximum absolute atomic E-state index is 11.4. The fraction of sp³-hybridized carbons (Fsp3) is 0.235. The average molecular weight is 285 g/mol. The maximum Gasteiger partial charge on any atom is 0.159 e. The van der Waals surface area contributed by atoms with Crippen LogP contribution in [-0.2, 0) is 6.54 Å². The molecular formula is C17H19NO3. The third-order valence-electron chi connectivity index (χ3n) is 3.39. The summed E-state index contributed by atoms with van der Waals surface area (Å²) in [4.78, 5) is 13.4. The normalized spacial score (nSPS) is 10.2. The number of nitrogens with zero attached hydrogens (tertiary/aromatic N) is 1. The number of carbonyl (C=O) groups excluding carboxylic acids is 1. The minimum absolute atomic E-state index is 0.0136. The van der Waals surface area contributed by atoms with E-state index in [1.807, 2.05) is 36.2 Å². The van der Waals surface area contributed by atoms with E-state index >= 15 is 0 Å². The summed E-state index contributed by atoms with van der Waals surface area (Å²) < 4.78 is 5.21. The molecule has 0 amide bonds. The number of aromatic hydroxyl groups is 1. The molecule has 0 unspecified atom stereocenters. The van der Waals surface area contributed by atoms with Crippen LogP contribution in [0.25, 0.3) is 0 Å². The number of hydrogen-bond acceptors (Lipinski definition) is 4. The van der Waals surface area contributed by atoms with Crippen LogP contribution in [0.15, 0.2) is 42.5 Å². The van der Waals surface area contributed by atoms with Gasteiger partial charge in [-0.25, -0.2) is 0 Å². The number of carbonyl (C=O) groups is 1. The number of rotatable bonds is 5. The number of ketones is 1. The summed E-state index contributed by atoms with van der Waals surface area (Å²) in [5.74, 6) is 0.955. The van der Waals surface area contributed by atoms with Gasteiger partial charge in [0, 0.05) is 36.5 Å². The second-order valence-electron chi connectivity index (χ2n) is 4.96. The Morgan fingerprint density at radius 3 is 2.67 bits per heavy atom. The zero-order valence-electron chi connectivity index (χ0n) is 12.5. The second-order valence-corrected chi connectivity index (χ2v) is 4.96. The molecule has 2 aromatic carbocycles. The first-order chi connectivity index (χ1) is 10.0. The molecule has 0 bridgehead atoms. The molecule has 0 saturated carbocycles. The van der Waals surface area contributed by atoms with Gasteiger partial charge in [0.1, 0.15) is 11.5 Å². The predicted octanol–water partition coefficient (Wildman–Crippen LogP) is 3.24. The minimum Gasteiger partial charge on any atom is -0.508 e. The summed E-state index contributed by atoms with van der Waals surface area (Å²) in [7, 11) is 3.55. The van der Waals surface area contributed by atoms with Crippen LogP contribution >= 0.6 is 0 Å². The first kappa shape index (κ1) is 14.9. The lowest BCUT2D eigenvalue weighted by Crippen LogP contribution is -2.16. The standard InChI is InChI=1S/C17H19NO3/c1-12(19)13-7-8-17(20)14(9-13)11-18(2)15-5-4-6-16(10-15)21-3/h4-10,20H,11H2,1-3H3. The Morgan fingerprint density at radius 1 is 1.24 bits per heavy atom. The van der Waals surface area contributed by atoms with E-state index in [0.717, 1.165) is 11.4 Å². The zero-order chi connectivity index (χ0) is 15.4. The summed E-state index contributed by atoms with van der Waals surface area (Å²) in [5.41, 5.74) is 2.29. The summed E-state index contributed by atoms with van der Waals surface area (Å²) in [6.07, 6.45) is 0. The molecule has 4 nitrogen and oxygen atoms in total. The second kappa shape index (κ2) is 6.31. The summed E-state index contributed by atoms with van der Waals surface area (Å²) >= 11 is 0. The highest BCUT2D eigenvalue weighted by atomic mass is 16.5. The van der Waals surface area contributed by atoms with Crippen LogP contribution in [0.1, 0.15) is 22.8 Å². The molecule has 0 atom stereocenters. The summed E-state index contributed by atoms with van der Waals surface area (Å²) in [5, 5.41) is 9.95. The fourth-order valence-corrected chi connectivity index (χ4v) is 2.13. The SMILES string of the molecule is COc1cccc(N(C)Cc2cc(C(C)=O)ccc2O)c1. The molecule has 2 rings (SSSR count). The molecule has 0 spiro atoms. The van der Waals surface area contributed by atoms with E-state index in [2.05, 4.69) is 0 Å². The molecule has 21 heavy (non-hydrogen) atoms. The third-order valence-corrected chi connectivity index (χ3v) is 3.39. The lowest BCUT2D eigenvalue weighted by atomic mass is 10.1. The highest BCUT2D eigenvalue weighted by Crippen LogP contribution is 2.25. The lowest BCUT2D eigenvalue weighted by Gasteiger charge is -2.20. The van der Waals surface area contributed by atoms with Gasteiger partial charge >= 0.3 is 0 Å². The van der Waals surface area contributed by atoms with E-state index in [1.165, 1.54) is 6.92 Å². The Bertz CT molecular complexity index is 652. The van der Waals surface area contributed by atoms with E-state index in [1.54, 1.807) is 25.3 Å². The third kappa shape index (κ3) is 3.54. The molecule has 0 aliphatic rings.